The standard InChI is InChI=1S/C23H39N7O6/c1-7-10-24-18-16(20(32)26-12-9-15(31)35-6)29-19(25-11-8-2)17(30-18)21(33)27-13-14-28-22(34)36-23(3,4)5/h7-14H2,1-6H3,(H,24,30)(H,25,29)(H,26,32)(H,27,33)(H,28,34). The second-order valence-corrected chi connectivity index (χ2v) is 8.74. The Kier molecular flexibility index (Phi) is 13.0. The summed E-state index contributed by atoms with van der Waals surface area (Å²) in [6.45, 7) is 10.5. The minimum atomic E-state index is -0.627. The van der Waals surface area contributed by atoms with Gasteiger partial charge in [-0.05, 0) is 33.6 Å². The van der Waals surface area contributed by atoms with E-state index in [0.29, 0.717) is 13.1 Å². The average molecular weight is 510 g/mol. The van der Waals surface area contributed by atoms with Gasteiger partial charge >= 0.3 is 12.1 Å². The Morgan fingerprint density at radius 3 is 1.67 bits per heavy atom. The van der Waals surface area contributed by atoms with Crippen molar-refractivity contribution in [1.82, 2.24) is 25.9 Å². The molecule has 0 aliphatic carbocycles. The summed E-state index contributed by atoms with van der Waals surface area (Å²) in [6.07, 6.45) is 0.916. The molecule has 13 heteroatoms. The molecule has 1 heterocycles. The van der Waals surface area contributed by atoms with Crippen LogP contribution in [0, 0.1) is 0 Å². The first kappa shape index (κ1) is 30.4. The maximum atomic E-state index is 12.9. The molecule has 0 saturated carbocycles. The molecule has 0 saturated heterocycles. The number of aromatic nitrogens is 2. The van der Waals surface area contributed by atoms with Crippen LogP contribution in [0.3, 0.4) is 0 Å². The van der Waals surface area contributed by atoms with Crippen molar-refractivity contribution in [1.29, 1.82) is 0 Å². The van der Waals surface area contributed by atoms with Crippen molar-refractivity contribution in [3.05, 3.63) is 11.4 Å². The number of methoxy groups -OCH3 is 1. The number of alkyl carbamates (subject to hydrolysis) is 1. The van der Waals surface area contributed by atoms with Gasteiger partial charge in [0.1, 0.15) is 5.60 Å². The van der Waals surface area contributed by atoms with Crippen molar-refractivity contribution >= 4 is 35.5 Å². The zero-order valence-electron chi connectivity index (χ0n) is 22.0. The molecule has 1 rings (SSSR count). The number of rotatable bonds is 14. The zero-order chi connectivity index (χ0) is 27.1. The molecule has 0 aromatic carbocycles. The molecule has 0 atom stereocenters. The molecule has 202 valence electrons. The Morgan fingerprint density at radius 2 is 1.22 bits per heavy atom. The van der Waals surface area contributed by atoms with Crippen molar-refractivity contribution in [2.75, 3.05) is 50.5 Å². The topological polar surface area (TPSA) is 173 Å². The first-order valence-electron chi connectivity index (χ1n) is 12.0. The van der Waals surface area contributed by atoms with Crippen molar-refractivity contribution in [3.63, 3.8) is 0 Å². The Bertz CT molecular complexity index is 902. The summed E-state index contributed by atoms with van der Waals surface area (Å²) >= 11 is 0. The van der Waals surface area contributed by atoms with Gasteiger partial charge in [-0.25, -0.2) is 14.8 Å². The normalized spacial score (nSPS) is 10.7. The first-order valence-corrected chi connectivity index (χ1v) is 12.0. The maximum absolute atomic E-state index is 12.9. The second-order valence-electron chi connectivity index (χ2n) is 8.74. The molecule has 0 aliphatic heterocycles. The second kappa shape index (κ2) is 15.4. The van der Waals surface area contributed by atoms with Gasteiger partial charge < -0.3 is 36.1 Å². The van der Waals surface area contributed by atoms with Crippen LogP contribution in [0.4, 0.5) is 16.4 Å². The van der Waals surface area contributed by atoms with Gasteiger partial charge in [0, 0.05) is 32.7 Å². The lowest BCUT2D eigenvalue weighted by Crippen LogP contribution is -2.38. The Morgan fingerprint density at radius 1 is 0.750 bits per heavy atom. The summed E-state index contributed by atoms with van der Waals surface area (Å²) in [5, 5.41) is 13.9. The van der Waals surface area contributed by atoms with Gasteiger partial charge in [-0.2, -0.15) is 0 Å². The lowest BCUT2D eigenvalue weighted by atomic mass is 10.2. The molecular formula is C23H39N7O6. The highest BCUT2D eigenvalue weighted by molar-refractivity contribution is 6.01. The summed E-state index contributed by atoms with van der Waals surface area (Å²) in [7, 11) is 1.27. The van der Waals surface area contributed by atoms with E-state index in [0.717, 1.165) is 12.8 Å². The molecule has 36 heavy (non-hydrogen) atoms. The van der Waals surface area contributed by atoms with Gasteiger partial charge in [0.15, 0.2) is 23.0 Å². The van der Waals surface area contributed by atoms with Crippen LogP contribution in [0.25, 0.3) is 0 Å². The number of hydrogen-bond donors (Lipinski definition) is 5. The molecule has 1 aromatic heterocycles. The summed E-state index contributed by atoms with van der Waals surface area (Å²) in [4.78, 5) is 57.6. The zero-order valence-corrected chi connectivity index (χ0v) is 22.0. The number of esters is 1. The van der Waals surface area contributed by atoms with Crippen LogP contribution in [0.5, 0.6) is 0 Å². The molecule has 3 amide bonds. The van der Waals surface area contributed by atoms with Crippen LogP contribution < -0.4 is 26.6 Å². The number of hydrogen-bond acceptors (Lipinski definition) is 10. The van der Waals surface area contributed by atoms with Gasteiger partial charge in [-0.15, -0.1) is 0 Å². The summed E-state index contributed by atoms with van der Waals surface area (Å²) in [5.74, 6) is -1.23. The van der Waals surface area contributed by atoms with E-state index in [-0.39, 0.29) is 49.1 Å². The lowest BCUT2D eigenvalue weighted by Gasteiger charge is -2.19. The number of amides is 3. The summed E-state index contributed by atoms with van der Waals surface area (Å²) in [5.41, 5.74) is -0.627. The van der Waals surface area contributed by atoms with E-state index in [2.05, 4.69) is 41.3 Å². The number of nitrogens with one attached hydrogen (secondary N) is 5. The Hall–Kier alpha value is -3.64. The number of ether oxygens (including phenoxy) is 2. The van der Waals surface area contributed by atoms with Crippen molar-refractivity contribution in [3.8, 4) is 0 Å². The first-order chi connectivity index (χ1) is 17.0. The highest BCUT2D eigenvalue weighted by Crippen LogP contribution is 2.19. The lowest BCUT2D eigenvalue weighted by molar-refractivity contribution is -0.140. The summed E-state index contributed by atoms with van der Waals surface area (Å²) < 4.78 is 9.74. The van der Waals surface area contributed by atoms with E-state index in [1.165, 1.54) is 7.11 Å². The smallest absolute Gasteiger partial charge is 0.407 e. The molecule has 13 nitrogen and oxygen atoms in total. The van der Waals surface area contributed by atoms with Crippen LogP contribution >= 0.6 is 0 Å². The van der Waals surface area contributed by atoms with Gasteiger partial charge in [-0.1, -0.05) is 13.8 Å². The largest absolute Gasteiger partial charge is 0.469 e. The van der Waals surface area contributed by atoms with Gasteiger partial charge in [0.25, 0.3) is 11.8 Å². The number of anilines is 2. The molecule has 5 N–H and O–H groups in total. The SMILES string of the molecule is CCCNc1nc(C(=O)NCCC(=O)OC)c(NCCC)nc1C(=O)NCCNC(=O)OC(C)(C)C. The number of nitrogens with zero attached hydrogens (tertiary/aromatic N) is 2. The molecule has 0 bridgehead atoms. The maximum Gasteiger partial charge on any atom is 0.407 e. The monoisotopic (exact) mass is 509 g/mol. The van der Waals surface area contributed by atoms with Gasteiger partial charge in [0.05, 0.1) is 13.5 Å². The molecule has 0 fully saturated rings. The highest BCUT2D eigenvalue weighted by atomic mass is 16.6. The Balaban J connectivity index is 3.03. The molecule has 0 unspecified atom stereocenters. The van der Waals surface area contributed by atoms with Crippen LogP contribution in [-0.4, -0.2) is 79.3 Å². The number of carbonyl (C=O) groups excluding carboxylic acids is 4. The molecule has 0 aliphatic rings. The minimum absolute atomic E-state index is 0.00457. The van der Waals surface area contributed by atoms with E-state index in [1.54, 1.807) is 20.8 Å². The van der Waals surface area contributed by atoms with Crippen LogP contribution in [0.15, 0.2) is 0 Å². The molecular weight excluding hydrogens is 470 g/mol. The fraction of sp³-hybridized carbons (Fsp3) is 0.652. The van der Waals surface area contributed by atoms with Crippen LogP contribution in [-0.2, 0) is 14.3 Å². The highest BCUT2D eigenvalue weighted by Gasteiger charge is 2.23. The van der Waals surface area contributed by atoms with E-state index in [1.807, 2.05) is 13.8 Å². The van der Waals surface area contributed by atoms with Crippen molar-refractivity contribution < 1.29 is 28.7 Å². The van der Waals surface area contributed by atoms with E-state index >= 15 is 0 Å². The third kappa shape index (κ3) is 11.2. The van der Waals surface area contributed by atoms with E-state index in [4.69, 9.17) is 4.74 Å². The third-order valence-corrected chi connectivity index (χ3v) is 4.33. The minimum Gasteiger partial charge on any atom is -0.469 e. The number of carbonyl (C=O) groups is 4. The molecule has 0 spiro atoms. The average Bonchev–Trinajstić information content (AvgIpc) is 2.82. The fourth-order valence-corrected chi connectivity index (χ4v) is 2.69. The van der Waals surface area contributed by atoms with E-state index in [9.17, 15) is 19.2 Å². The summed E-state index contributed by atoms with van der Waals surface area (Å²) in [6, 6.07) is 0. The van der Waals surface area contributed by atoms with Crippen LogP contribution in [0.1, 0.15) is 74.9 Å². The van der Waals surface area contributed by atoms with Gasteiger partial charge in [0.2, 0.25) is 0 Å². The van der Waals surface area contributed by atoms with E-state index < -0.39 is 29.5 Å². The van der Waals surface area contributed by atoms with Crippen LogP contribution in [0.2, 0.25) is 0 Å². The quantitative estimate of drug-likeness (QED) is 0.183. The predicted molar refractivity (Wildman–Crippen MR) is 135 cm³/mol. The predicted octanol–water partition coefficient (Wildman–Crippen LogP) is 1.67. The molecule has 1 aromatic rings. The van der Waals surface area contributed by atoms with Crippen molar-refractivity contribution in [2.24, 2.45) is 0 Å². The Labute approximate surface area is 211 Å². The van der Waals surface area contributed by atoms with Gasteiger partial charge in [-0.3, -0.25) is 14.4 Å². The molecule has 0 radical (unpaired) electrons. The third-order valence-electron chi connectivity index (χ3n) is 4.33. The fourth-order valence-electron chi connectivity index (χ4n) is 2.69. The van der Waals surface area contributed by atoms with Crippen molar-refractivity contribution in [2.45, 2.75) is 59.5 Å².